The van der Waals surface area contributed by atoms with E-state index >= 15 is 0 Å². The fourth-order valence-corrected chi connectivity index (χ4v) is 6.02. The van der Waals surface area contributed by atoms with Gasteiger partial charge in [-0.15, -0.1) is 0 Å². The van der Waals surface area contributed by atoms with Crippen molar-refractivity contribution in [1.82, 2.24) is 15.1 Å². The van der Waals surface area contributed by atoms with Crippen molar-refractivity contribution in [1.29, 1.82) is 0 Å². The van der Waals surface area contributed by atoms with Gasteiger partial charge < -0.3 is 10.0 Å². The summed E-state index contributed by atoms with van der Waals surface area (Å²) in [5.74, 6) is -3.74. The van der Waals surface area contributed by atoms with Crippen molar-refractivity contribution in [3.05, 3.63) is 0 Å². The highest BCUT2D eigenvalue weighted by Gasteiger charge is 2.44. The fraction of sp³-hybridized carbons (Fsp3) is 0.818. The second-order valence-electron chi connectivity index (χ2n) is 5.34. The number of carbonyl (C=O) groups excluding carboxylic acids is 1. The molecule has 6 nitrogen and oxygen atoms in total. The second-order valence-corrected chi connectivity index (χ2v) is 9.49. The van der Waals surface area contributed by atoms with Crippen LogP contribution < -0.4 is 10.2 Å². The highest BCUT2D eigenvalue weighted by molar-refractivity contribution is 8.12. The molecular weight excluding hydrogens is 342 g/mol. The monoisotopic (exact) mass is 363 g/mol. The Morgan fingerprint density at radius 2 is 1.59 bits per heavy atom. The van der Waals surface area contributed by atoms with Crippen LogP contribution in [-0.4, -0.2) is 53.0 Å². The normalized spacial score (nSPS) is 12.8. The molecule has 0 aliphatic heterocycles. The first kappa shape index (κ1) is 21.3. The molecule has 0 aliphatic rings. The first-order valence-electron chi connectivity index (χ1n) is 6.49. The molecule has 0 atom stereocenters. The number of aliphatic carboxylic acids is 1. The maximum atomic E-state index is 12.6. The first-order chi connectivity index (χ1) is 9.77. The third kappa shape index (κ3) is 8.07. The van der Waals surface area contributed by atoms with Crippen LogP contribution in [-0.2, 0) is 21.4 Å². The minimum absolute atomic E-state index is 0.134. The Morgan fingerprint density at radius 3 is 1.86 bits per heavy atom. The summed E-state index contributed by atoms with van der Waals surface area (Å²) in [4.78, 5) is 22.4. The highest BCUT2D eigenvalue weighted by Crippen LogP contribution is 2.39. The first-order valence-corrected chi connectivity index (χ1v) is 9.48. The summed E-state index contributed by atoms with van der Waals surface area (Å²) in [6.45, 7) is 5.98. The zero-order chi connectivity index (χ0) is 17.7. The smallest absolute Gasteiger partial charge is 0.471 e. The number of amides is 1. The Hall–Kier alpha value is -0.700. The van der Waals surface area contributed by atoms with Crippen LogP contribution in [0.5, 0.6) is 0 Å². The van der Waals surface area contributed by atoms with Crippen LogP contribution >= 0.6 is 6.34 Å². The van der Waals surface area contributed by atoms with E-state index in [9.17, 15) is 22.8 Å². The third-order valence-electron chi connectivity index (χ3n) is 2.16. The van der Waals surface area contributed by atoms with Crippen molar-refractivity contribution in [2.75, 3.05) is 12.8 Å². The number of nitrogens with one attached hydrogen (secondary N) is 2. The lowest BCUT2D eigenvalue weighted by molar-refractivity contribution is -0.185. The van der Waals surface area contributed by atoms with Gasteiger partial charge in [-0.1, -0.05) is 11.8 Å². The second kappa shape index (κ2) is 8.24. The fourth-order valence-electron chi connectivity index (χ4n) is 1.72. The van der Waals surface area contributed by atoms with E-state index in [-0.39, 0.29) is 17.0 Å². The molecule has 11 heteroatoms. The highest BCUT2D eigenvalue weighted by atomic mass is 32.4. The summed E-state index contributed by atoms with van der Waals surface area (Å²) in [7, 11) is 0. The lowest BCUT2D eigenvalue weighted by atomic mass is 10.4. The lowest BCUT2D eigenvalue weighted by Gasteiger charge is -2.33. The molecule has 0 fully saturated rings. The van der Waals surface area contributed by atoms with Gasteiger partial charge >= 0.3 is 18.1 Å². The number of carboxylic acids is 1. The van der Waals surface area contributed by atoms with E-state index < -0.39 is 37.2 Å². The number of halogens is 3. The quantitative estimate of drug-likeness (QED) is 0.570. The van der Waals surface area contributed by atoms with Crippen molar-refractivity contribution in [3.8, 4) is 0 Å². The van der Waals surface area contributed by atoms with Crippen LogP contribution in [0.15, 0.2) is 0 Å². The van der Waals surface area contributed by atoms with Crippen molar-refractivity contribution in [3.63, 3.8) is 0 Å². The number of carboxylic acid groups (broad SMARTS) is 1. The van der Waals surface area contributed by atoms with E-state index in [0.29, 0.717) is 0 Å². The van der Waals surface area contributed by atoms with Crippen LogP contribution in [0.1, 0.15) is 27.7 Å². The Morgan fingerprint density at radius 1 is 1.18 bits per heavy atom. The molecule has 0 spiro atoms. The largest absolute Gasteiger partial charge is 0.480 e. The zero-order valence-electron chi connectivity index (χ0n) is 12.8. The van der Waals surface area contributed by atoms with E-state index in [1.807, 2.05) is 0 Å². The summed E-state index contributed by atoms with van der Waals surface area (Å²) < 4.78 is 37.8. The average molecular weight is 363 g/mol. The van der Waals surface area contributed by atoms with Crippen molar-refractivity contribution in [2.45, 2.75) is 46.0 Å². The minimum atomic E-state index is -5.15. The van der Waals surface area contributed by atoms with Crippen LogP contribution in [0.2, 0.25) is 0 Å². The molecule has 1 amide bonds. The molecule has 0 rings (SSSR count). The van der Waals surface area contributed by atoms with Crippen molar-refractivity contribution < 1.29 is 27.9 Å². The van der Waals surface area contributed by atoms with Gasteiger partial charge in [-0.25, -0.2) is 0 Å². The zero-order valence-corrected chi connectivity index (χ0v) is 14.5. The molecule has 0 bridgehead atoms. The Bertz CT molecular complexity index is 444. The van der Waals surface area contributed by atoms with Crippen LogP contribution in [0, 0.1) is 0 Å². The van der Waals surface area contributed by atoms with Gasteiger partial charge in [-0.05, 0) is 27.7 Å². The van der Waals surface area contributed by atoms with Crippen LogP contribution in [0.4, 0.5) is 13.2 Å². The van der Waals surface area contributed by atoms with Gasteiger partial charge in [-0.3, -0.25) is 19.8 Å². The topological polar surface area (TPSA) is 81.7 Å². The molecule has 22 heavy (non-hydrogen) atoms. The summed E-state index contributed by atoms with van der Waals surface area (Å²) in [6.07, 6.45) is -8.45. The molecule has 0 radical (unpaired) electrons. The molecule has 3 N–H and O–H groups in total. The third-order valence-corrected chi connectivity index (χ3v) is 5.74. The van der Waals surface area contributed by atoms with E-state index in [4.69, 9.17) is 16.9 Å². The molecule has 0 heterocycles. The van der Waals surface area contributed by atoms with Gasteiger partial charge in [-0.2, -0.15) is 13.2 Å². The summed E-state index contributed by atoms with van der Waals surface area (Å²) >= 11 is 5.36. The van der Waals surface area contributed by atoms with E-state index in [2.05, 4.69) is 10.2 Å². The molecule has 0 saturated carbocycles. The number of rotatable bonds is 8. The van der Waals surface area contributed by atoms with Gasteiger partial charge in [0.05, 0.1) is 12.6 Å². The Kier molecular flexibility index (Phi) is 7.97. The van der Waals surface area contributed by atoms with Gasteiger partial charge in [0.25, 0.3) is 0 Å². The van der Waals surface area contributed by atoms with Crippen molar-refractivity contribution >= 4 is 30.0 Å². The summed E-state index contributed by atoms with van der Waals surface area (Å²) in [5.41, 5.74) is 0. The Labute approximate surface area is 132 Å². The standard InChI is InChI=1S/C11H21F3N3O3PS/c1-7(2)15-21(22,16-8(3)4)6-17(5-9(18)19)10(20)11(12,13)14/h7-8H,5-6H2,1-4H3,(H,18,19)(H2,15,16,22). The van der Waals surface area contributed by atoms with Gasteiger partial charge in [0.2, 0.25) is 0 Å². The molecular formula is C11H21F3N3O3PS. The van der Waals surface area contributed by atoms with E-state index in [1.54, 1.807) is 27.7 Å². The van der Waals surface area contributed by atoms with Crippen molar-refractivity contribution in [2.24, 2.45) is 0 Å². The van der Waals surface area contributed by atoms with Gasteiger partial charge in [0.1, 0.15) is 6.54 Å². The SMILES string of the molecule is CC(C)NP(=S)(CN(CC(=O)O)C(=O)C(F)(F)F)NC(C)C. The molecule has 0 unspecified atom stereocenters. The number of nitrogens with zero attached hydrogens (tertiary/aromatic N) is 1. The minimum Gasteiger partial charge on any atom is -0.480 e. The predicted molar refractivity (Wildman–Crippen MR) is 81.1 cm³/mol. The lowest BCUT2D eigenvalue weighted by Crippen LogP contribution is -2.47. The molecule has 0 aliphatic carbocycles. The van der Waals surface area contributed by atoms with Gasteiger partial charge in [0, 0.05) is 12.1 Å². The summed E-state index contributed by atoms with van der Waals surface area (Å²) in [5, 5.41) is 14.7. The molecule has 0 aromatic rings. The number of hydrogen-bond acceptors (Lipinski definition) is 3. The van der Waals surface area contributed by atoms with Crippen LogP contribution in [0.25, 0.3) is 0 Å². The Balaban J connectivity index is 5.40. The average Bonchev–Trinajstić information content (AvgIpc) is 2.21. The maximum Gasteiger partial charge on any atom is 0.471 e. The number of hydrogen-bond donors (Lipinski definition) is 3. The van der Waals surface area contributed by atoms with E-state index in [1.165, 1.54) is 0 Å². The molecule has 0 aromatic heterocycles. The van der Waals surface area contributed by atoms with Gasteiger partial charge in [0.15, 0.2) is 0 Å². The number of carbonyl (C=O) groups is 2. The molecule has 0 saturated heterocycles. The van der Waals surface area contributed by atoms with E-state index in [0.717, 1.165) is 0 Å². The molecule has 0 aromatic carbocycles. The maximum absolute atomic E-state index is 12.6. The molecule has 130 valence electrons. The predicted octanol–water partition coefficient (Wildman–Crippen LogP) is 1.72. The van der Waals surface area contributed by atoms with Crippen LogP contribution in [0.3, 0.4) is 0 Å². The number of alkyl halides is 3. The summed E-state index contributed by atoms with van der Waals surface area (Å²) in [6, 6.07) is -0.269.